The molecule has 2 atom stereocenters. The van der Waals surface area contributed by atoms with Crippen LogP contribution >= 0.6 is 0 Å². The first-order valence-corrected chi connectivity index (χ1v) is 8.72. The van der Waals surface area contributed by atoms with Crippen LogP contribution in [0.25, 0.3) is 0 Å². The van der Waals surface area contributed by atoms with Gasteiger partial charge in [-0.25, -0.2) is 0 Å². The fourth-order valence-electron chi connectivity index (χ4n) is 4.64. The number of piperazine rings is 1. The standard InChI is InChI=1S/C17H32N2/c1-14(2)17-13-18-10-5-8-16(18)12-19(17)11-9-15-6-3-4-7-15/h14-17H,3-13H2,1-2H3. The molecular weight excluding hydrogens is 232 g/mol. The molecular formula is C17H32N2. The van der Waals surface area contributed by atoms with Gasteiger partial charge in [-0.2, -0.15) is 0 Å². The van der Waals surface area contributed by atoms with Crippen LogP contribution in [-0.2, 0) is 0 Å². The van der Waals surface area contributed by atoms with Crippen molar-refractivity contribution >= 4 is 0 Å². The van der Waals surface area contributed by atoms with Gasteiger partial charge in [0.2, 0.25) is 0 Å². The summed E-state index contributed by atoms with van der Waals surface area (Å²) in [4.78, 5) is 5.63. The van der Waals surface area contributed by atoms with Crippen LogP contribution in [0.3, 0.4) is 0 Å². The number of rotatable bonds is 4. The van der Waals surface area contributed by atoms with Crippen LogP contribution in [0.1, 0.15) is 58.8 Å². The minimum absolute atomic E-state index is 0.810. The lowest BCUT2D eigenvalue weighted by atomic mass is 9.95. The molecule has 19 heavy (non-hydrogen) atoms. The summed E-state index contributed by atoms with van der Waals surface area (Å²) in [5.41, 5.74) is 0. The summed E-state index contributed by atoms with van der Waals surface area (Å²) in [7, 11) is 0. The third-order valence-corrected chi connectivity index (χ3v) is 5.90. The van der Waals surface area contributed by atoms with Crippen molar-refractivity contribution in [3.63, 3.8) is 0 Å². The van der Waals surface area contributed by atoms with Gasteiger partial charge < -0.3 is 0 Å². The van der Waals surface area contributed by atoms with Crippen LogP contribution in [0.15, 0.2) is 0 Å². The van der Waals surface area contributed by atoms with Crippen molar-refractivity contribution in [1.29, 1.82) is 0 Å². The van der Waals surface area contributed by atoms with Gasteiger partial charge in [-0.1, -0.05) is 39.5 Å². The second-order valence-electron chi connectivity index (χ2n) is 7.54. The van der Waals surface area contributed by atoms with Gasteiger partial charge >= 0.3 is 0 Å². The second kappa shape index (κ2) is 6.13. The van der Waals surface area contributed by atoms with E-state index in [0.29, 0.717) is 0 Å². The predicted octanol–water partition coefficient (Wildman–Crippen LogP) is 3.37. The first-order valence-electron chi connectivity index (χ1n) is 8.72. The fraction of sp³-hybridized carbons (Fsp3) is 1.00. The Labute approximate surface area is 119 Å². The van der Waals surface area contributed by atoms with Crippen molar-refractivity contribution in [2.45, 2.75) is 70.9 Å². The minimum atomic E-state index is 0.810. The number of hydrogen-bond donors (Lipinski definition) is 0. The molecule has 0 aromatic heterocycles. The van der Waals surface area contributed by atoms with E-state index >= 15 is 0 Å². The first-order chi connectivity index (χ1) is 9.24. The molecule has 0 spiro atoms. The highest BCUT2D eigenvalue weighted by atomic mass is 15.3. The highest BCUT2D eigenvalue weighted by Crippen LogP contribution is 2.31. The smallest absolute Gasteiger partial charge is 0.0246 e. The third-order valence-electron chi connectivity index (χ3n) is 5.90. The van der Waals surface area contributed by atoms with Crippen LogP contribution in [0.5, 0.6) is 0 Å². The van der Waals surface area contributed by atoms with Crippen LogP contribution < -0.4 is 0 Å². The summed E-state index contributed by atoms with van der Waals surface area (Å²) in [6.45, 7) is 10.3. The Bertz CT molecular complexity index is 283. The van der Waals surface area contributed by atoms with Gasteiger partial charge in [0, 0.05) is 25.2 Å². The van der Waals surface area contributed by atoms with E-state index in [0.717, 1.165) is 23.9 Å². The molecule has 2 heterocycles. The van der Waals surface area contributed by atoms with E-state index in [-0.39, 0.29) is 0 Å². The fourth-order valence-corrected chi connectivity index (χ4v) is 4.64. The molecule has 0 bridgehead atoms. The Hall–Kier alpha value is -0.0800. The van der Waals surface area contributed by atoms with E-state index < -0.39 is 0 Å². The number of nitrogens with zero attached hydrogens (tertiary/aromatic N) is 2. The molecule has 0 aromatic carbocycles. The third kappa shape index (κ3) is 3.16. The molecule has 1 saturated carbocycles. The molecule has 110 valence electrons. The van der Waals surface area contributed by atoms with E-state index in [4.69, 9.17) is 0 Å². The van der Waals surface area contributed by atoms with Gasteiger partial charge in [-0.05, 0) is 44.2 Å². The zero-order valence-corrected chi connectivity index (χ0v) is 13.0. The Kier molecular flexibility index (Phi) is 4.48. The lowest BCUT2D eigenvalue weighted by molar-refractivity contribution is 0.0260. The Balaban J connectivity index is 1.56. The summed E-state index contributed by atoms with van der Waals surface area (Å²) in [6.07, 6.45) is 10.4. The van der Waals surface area contributed by atoms with E-state index in [2.05, 4.69) is 23.6 Å². The molecule has 0 amide bonds. The van der Waals surface area contributed by atoms with Gasteiger partial charge in [0.15, 0.2) is 0 Å². The normalized spacial score (nSPS) is 34.3. The molecule has 2 unspecified atom stereocenters. The van der Waals surface area contributed by atoms with Crippen LogP contribution in [0, 0.1) is 11.8 Å². The summed E-state index contributed by atoms with van der Waals surface area (Å²) in [6, 6.07) is 1.70. The zero-order chi connectivity index (χ0) is 13.2. The van der Waals surface area contributed by atoms with E-state index in [1.807, 2.05) is 0 Å². The molecule has 0 radical (unpaired) electrons. The average molecular weight is 264 g/mol. The van der Waals surface area contributed by atoms with Crippen molar-refractivity contribution < 1.29 is 0 Å². The summed E-state index contributed by atoms with van der Waals surface area (Å²) in [5.74, 6) is 1.86. The Morgan fingerprint density at radius 3 is 2.53 bits per heavy atom. The minimum Gasteiger partial charge on any atom is -0.298 e. The summed E-state index contributed by atoms with van der Waals surface area (Å²) < 4.78 is 0. The molecule has 2 heteroatoms. The van der Waals surface area contributed by atoms with E-state index in [1.165, 1.54) is 71.1 Å². The molecule has 0 aromatic rings. The molecule has 3 fully saturated rings. The molecule has 2 nitrogen and oxygen atoms in total. The quantitative estimate of drug-likeness (QED) is 0.768. The predicted molar refractivity (Wildman–Crippen MR) is 81.4 cm³/mol. The van der Waals surface area contributed by atoms with Crippen molar-refractivity contribution in [1.82, 2.24) is 9.80 Å². The van der Waals surface area contributed by atoms with E-state index in [1.54, 1.807) is 0 Å². The van der Waals surface area contributed by atoms with Crippen molar-refractivity contribution in [2.75, 3.05) is 26.2 Å². The van der Waals surface area contributed by atoms with Crippen molar-refractivity contribution in [3.05, 3.63) is 0 Å². The lowest BCUT2D eigenvalue weighted by Crippen LogP contribution is -2.58. The topological polar surface area (TPSA) is 6.48 Å². The van der Waals surface area contributed by atoms with Crippen molar-refractivity contribution in [2.24, 2.45) is 11.8 Å². The summed E-state index contributed by atoms with van der Waals surface area (Å²) >= 11 is 0. The van der Waals surface area contributed by atoms with Crippen LogP contribution in [0.2, 0.25) is 0 Å². The summed E-state index contributed by atoms with van der Waals surface area (Å²) in [5, 5.41) is 0. The second-order valence-corrected chi connectivity index (χ2v) is 7.54. The molecule has 3 aliphatic rings. The van der Waals surface area contributed by atoms with Crippen LogP contribution in [-0.4, -0.2) is 48.1 Å². The number of fused-ring (bicyclic) bond motifs is 1. The van der Waals surface area contributed by atoms with Crippen molar-refractivity contribution in [3.8, 4) is 0 Å². The van der Waals surface area contributed by atoms with Gasteiger partial charge in [0.1, 0.15) is 0 Å². The maximum atomic E-state index is 2.86. The molecule has 2 aliphatic heterocycles. The van der Waals surface area contributed by atoms with Crippen LogP contribution in [0.4, 0.5) is 0 Å². The highest BCUT2D eigenvalue weighted by molar-refractivity contribution is 4.93. The molecule has 2 saturated heterocycles. The molecule has 1 aliphatic carbocycles. The SMILES string of the molecule is CC(C)C1CN2CCCC2CN1CCC1CCCC1. The zero-order valence-electron chi connectivity index (χ0n) is 13.0. The Morgan fingerprint density at radius 1 is 1.00 bits per heavy atom. The lowest BCUT2D eigenvalue weighted by Gasteiger charge is -2.46. The first kappa shape index (κ1) is 13.9. The molecule has 3 rings (SSSR count). The Morgan fingerprint density at radius 2 is 1.79 bits per heavy atom. The van der Waals surface area contributed by atoms with Gasteiger partial charge in [-0.3, -0.25) is 9.80 Å². The van der Waals surface area contributed by atoms with Gasteiger partial charge in [0.05, 0.1) is 0 Å². The number of hydrogen-bond acceptors (Lipinski definition) is 2. The molecule has 0 N–H and O–H groups in total. The highest BCUT2D eigenvalue weighted by Gasteiger charge is 2.37. The maximum Gasteiger partial charge on any atom is 0.0246 e. The van der Waals surface area contributed by atoms with Gasteiger partial charge in [0.25, 0.3) is 0 Å². The largest absolute Gasteiger partial charge is 0.298 e. The average Bonchev–Trinajstić information content (AvgIpc) is 3.05. The van der Waals surface area contributed by atoms with E-state index in [9.17, 15) is 0 Å². The van der Waals surface area contributed by atoms with Gasteiger partial charge in [-0.15, -0.1) is 0 Å². The maximum absolute atomic E-state index is 2.86. The monoisotopic (exact) mass is 264 g/mol.